The monoisotopic (exact) mass is 205 g/mol. The maximum Gasteiger partial charge on any atom is 0.354 e. The SMILES string of the molecule is Cc1cnc(-c2ncn[nH]2)nc1C(=O)O. The van der Waals surface area contributed by atoms with Crippen molar-refractivity contribution in [3.05, 3.63) is 23.8 Å². The van der Waals surface area contributed by atoms with Crippen LogP contribution in [0, 0.1) is 6.92 Å². The Morgan fingerprint density at radius 3 is 2.87 bits per heavy atom. The minimum absolute atomic E-state index is 0.0311. The highest BCUT2D eigenvalue weighted by Gasteiger charge is 2.12. The first-order chi connectivity index (χ1) is 7.18. The van der Waals surface area contributed by atoms with Crippen molar-refractivity contribution in [2.45, 2.75) is 6.92 Å². The van der Waals surface area contributed by atoms with Crippen LogP contribution in [0.3, 0.4) is 0 Å². The quantitative estimate of drug-likeness (QED) is 0.728. The first-order valence-corrected chi connectivity index (χ1v) is 4.11. The molecular formula is C8H7N5O2. The van der Waals surface area contributed by atoms with Crippen molar-refractivity contribution in [1.29, 1.82) is 0 Å². The molecule has 0 radical (unpaired) electrons. The zero-order chi connectivity index (χ0) is 10.8. The molecule has 15 heavy (non-hydrogen) atoms. The Morgan fingerprint density at radius 1 is 1.47 bits per heavy atom. The van der Waals surface area contributed by atoms with E-state index in [1.807, 2.05) is 0 Å². The Bertz CT molecular complexity index is 494. The van der Waals surface area contributed by atoms with Crippen molar-refractivity contribution in [2.24, 2.45) is 0 Å². The largest absolute Gasteiger partial charge is 0.477 e. The lowest BCUT2D eigenvalue weighted by Gasteiger charge is -2.00. The van der Waals surface area contributed by atoms with Gasteiger partial charge in [0.05, 0.1) is 0 Å². The second kappa shape index (κ2) is 3.45. The molecule has 0 atom stereocenters. The van der Waals surface area contributed by atoms with Gasteiger partial charge in [0, 0.05) is 11.8 Å². The molecule has 0 fully saturated rings. The van der Waals surface area contributed by atoms with E-state index in [0.717, 1.165) is 0 Å². The fraction of sp³-hybridized carbons (Fsp3) is 0.125. The highest BCUT2D eigenvalue weighted by atomic mass is 16.4. The third-order valence-corrected chi connectivity index (χ3v) is 1.80. The smallest absolute Gasteiger partial charge is 0.354 e. The lowest BCUT2D eigenvalue weighted by Crippen LogP contribution is -2.06. The molecular weight excluding hydrogens is 198 g/mol. The molecule has 7 heteroatoms. The van der Waals surface area contributed by atoms with Crippen molar-refractivity contribution in [2.75, 3.05) is 0 Å². The molecule has 2 aromatic rings. The number of nitrogens with one attached hydrogen (secondary N) is 1. The van der Waals surface area contributed by atoms with E-state index in [-0.39, 0.29) is 11.5 Å². The van der Waals surface area contributed by atoms with Gasteiger partial charge >= 0.3 is 5.97 Å². The average molecular weight is 205 g/mol. The van der Waals surface area contributed by atoms with Gasteiger partial charge in [-0.15, -0.1) is 0 Å². The number of hydrogen-bond donors (Lipinski definition) is 2. The molecule has 0 aliphatic carbocycles. The molecule has 2 N–H and O–H groups in total. The van der Waals surface area contributed by atoms with E-state index < -0.39 is 5.97 Å². The van der Waals surface area contributed by atoms with Gasteiger partial charge in [0.1, 0.15) is 6.33 Å². The number of carboxylic acids is 1. The lowest BCUT2D eigenvalue weighted by molar-refractivity contribution is 0.0689. The van der Waals surface area contributed by atoms with Crippen LogP contribution in [-0.4, -0.2) is 36.2 Å². The molecule has 0 spiro atoms. The Morgan fingerprint density at radius 2 is 2.27 bits per heavy atom. The van der Waals surface area contributed by atoms with E-state index in [1.54, 1.807) is 6.92 Å². The van der Waals surface area contributed by atoms with Crippen LogP contribution < -0.4 is 0 Å². The summed E-state index contributed by atoms with van der Waals surface area (Å²) in [5.41, 5.74) is 0.474. The topological polar surface area (TPSA) is 105 Å². The maximum absolute atomic E-state index is 10.8. The zero-order valence-corrected chi connectivity index (χ0v) is 7.80. The standard InChI is InChI=1S/C8H7N5O2/c1-4-2-9-6(7-10-3-11-13-7)12-5(4)8(14)15/h2-3H,1H3,(H,14,15)(H,10,11,13). The average Bonchev–Trinajstić information content (AvgIpc) is 2.71. The van der Waals surface area contributed by atoms with E-state index in [4.69, 9.17) is 5.11 Å². The number of aromatic nitrogens is 5. The summed E-state index contributed by atoms with van der Waals surface area (Å²) in [5.74, 6) is -0.524. The van der Waals surface area contributed by atoms with Crippen molar-refractivity contribution < 1.29 is 9.90 Å². The number of hydrogen-bond acceptors (Lipinski definition) is 5. The molecule has 7 nitrogen and oxygen atoms in total. The Hall–Kier alpha value is -2.31. The molecule has 0 aromatic carbocycles. The summed E-state index contributed by atoms with van der Waals surface area (Å²) in [6.07, 6.45) is 2.74. The van der Waals surface area contributed by atoms with Gasteiger partial charge in [-0.05, 0) is 6.92 Å². The van der Waals surface area contributed by atoms with Crippen molar-refractivity contribution in [3.63, 3.8) is 0 Å². The molecule has 0 aliphatic heterocycles. The molecule has 0 saturated heterocycles. The fourth-order valence-corrected chi connectivity index (χ4v) is 1.09. The van der Waals surface area contributed by atoms with Crippen molar-refractivity contribution in [1.82, 2.24) is 25.1 Å². The second-order valence-electron chi connectivity index (χ2n) is 2.86. The zero-order valence-electron chi connectivity index (χ0n) is 7.80. The number of carbonyl (C=O) groups is 1. The van der Waals surface area contributed by atoms with Crippen LogP contribution in [0.2, 0.25) is 0 Å². The normalized spacial score (nSPS) is 10.2. The van der Waals surface area contributed by atoms with E-state index in [2.05, 4.69) is 25.1 Å². The fourth-order valence-electron chi connectivity index (χ4n) is 1.09. The summed E-state index contributed by atoms with van der Waals surface area (Å²) in [6.45, 7) is 1.63. The van der Waals surface area contributed by atoms with Crippen LogP contribution in [0.1, 0.15) is 16.1 Å². The molecule has 76 valence electrons. The predicted molar refractivity (Wildman–Crippen MR) is 49.1 cm³/mol. The van der Waals surface area contributed by atoms with Crippen LogP contribution in [0.15, 0.2) is 12.5 Å². The lowest BCUT2D eigenvalue weighted by atomic mass is 10.2. The van der Waals surface area contributed by atoms with Crippen LogP contribution in [0.25, 0.3) is 11.6 Å². The summed E-state index contributed by atoms with van der Waals surface area (Å²) >= 11 is 0. The Labute approximate surface area is 84.2 Å². The molecule has 2 heterocycles. The second-order valence-corrected chi connectivity index (χ2v) is 2.86. The van der Waals surface area contributed by atoms with E-state index in [9.17, 15) is 4.79 Å². The Kier molecular flexibility index (Phi) is 2.13. The molecule has 0 unspecified atom stereocenters. The van der Waals surface area contributed by atoms with Crippen LogP contribution in [0.4, 0.5) is 0 Å². The minimum Gasteiger partial charge on any atom is -0.477 e. The van der Waals surface area contributed by atoms with Gasteiger partial charge in [0.2, 0.25) is 0 Å². The molecule has 2 aromatic heterocycles. The molecule has 0 bridgehead atoms. The van der Waals surface area contributed by atoms with Gasteiger partial charge in [0.25, 0.3) is 0 Å². The first-order valence-electron chi connectivity index (χ1n) is 4.11. The van der Waals surface area contributed by atoms with Crippen LogP contribution >= 0.6 is 0 Å². The van der Waals surface area contributed by atoms with Crippen molar-refractivity contribution in [3.8, 4) is 11.6 Å². The van der Waals surface area contributed by atoms with Gasteiger partial charge in [-0.25, -0.2) is 19.7 Å². The number of H-pyrrole nitrogens is 1. The third kappa shape index (κ3) is 1.66. The summed E-state index contributed by atoms with van der Waals surface area (Å²) in [5, 5.41) is 15.0. The molecule has 0 saturated carbocycles. The molecule has 0 amide bonds. The molecule has 0 aliphatic rings. The van der Waals surface area contributed by atoms with E-state index >= 15 is 0 Å². The van der Waals surface area contributed by atoms with Crippen LogP contribution in [-0.2, 0) is 0 Å². The van der Waals surface area contributed by atoms with Gasteiger partial charge < -0.3 is 5.11 Å². The number of carboxylic acid groups (broad SMARTS) is 1. The number of aromatic carboxylic acids is 1. The van der Waals surface area contributed by atoms with E-state index in [1.165, 1.54) is 12.5 Å². The number of rotatable bonds is 2. The van der Waals surface area contributed by atoms with Crippen molar-refractivity contribution >= 4 is 5.97 Å². The van der Waals surface area contributed by atoms with E-state index in [0.29, 0.717) is 11.4 Å². The van der Waals surface area contributed by atoms with Gasteiger partial charge in [-0.1, -0.05) is 0 Å². The Balaban J connectivity index is 2.52. The minimum atomic E-state index is -1.09. The summed E-state index contributed by atoms with van der Waals surface area (Å²) in [7, 11) is 0. The summed E-state index contributed by atoms with van der Waals surface area (Å²) in [4.78, 5) is 22.5. The first kappa shape index (κ1) is 9.25. The predicted octanol–water partition coefficient (Wildman–Crippen LogP) is 0.268. The highest BCUT2D eigenvalue weighted by molar-refractivity contribution is 5.87. The van der Waals surface area contributed by atoms with Gasteiger partial charge in [-0.3, -0.25) is 5.10 Å². The summed E-state index contributed by atoms with van der Waals surface area (Å²) in [6, 6.07) is 0. The van der Waals surface area contributed by atoms with Gasteiger partial charge in [0.15, 0.2) is 17.3 Å². The maximum atomic E-state index is 10.8. The number of aromatic amines is 1. The number of aryl methyl sites for hydroxylation is 1. The van der Waals surface area contributed by atoms with Gasteiger partial charge in [-0.2, -0.15) is 5.10 Å². The summed E-state index contributed by atoms with van der Waals surface area (Å²) < 4.78 is 0. The highest BCUT2D eigenvalue weighted by Crippen LogP contribution is 2.10. The number of nitrogens with zero attached hydrogens (tertiary/aromatic N) is 4. The third-order valence-electron chi connectivity index (χ3n) is 1.80. The van der Waals surface area contributed by atoms with Crippen LogP contribution in [0.5, 0.6) is 0 Å². The molecule has 2 rings (SSSR count).